The molecule has 3 heterocycles. The first-order chi connectivity index (χ1) is 14.1. The second-order valence-electron chi connectivity index (χ2n) is 9.75. The maximum Gasteiger partial charge on any atom is 0.228 e. The van der Waals surface area contributed by atoms with E-state index in [-0.39, 0.29) is 5.41 Å². The maximum absolute atomic E-state index is 13.6. The van der Waals surface area contributed by atoms with Gasteiger partial charge < -0.3 is 9.80 Å². The molecule has 4 bridgehead atoms. The van der Waals surface area contributed by atoms with Crippen LogP contribution in [0, 0.1) is 23.2 Å². The van der Waals surface area contributed by atoms with E-state index < -0.39 is 0 Å². The van der Waals surface area contributed by atoms with E-state index >= 15 is 0 Å². The van der Waals surface area contributed by atoms with Gasteiger partial charge in [0.15, 0.2) is 17.0 Å². The molecule has 1 saturated heterocycles. The van der Waals surface area contributed by atoms with Crippen molar-refractivity contribution in [2.75, 3.05) is 31.1 Å². The second kappa shape index (κ2) is 6.37. The molecule has 2 aromatic rings. The number of amides is 1. The van der Waals surface area contributed by atoms with Crippen LogP contribution in [0.5, 0.6) is 0 Å². The van der Waals surface area contributed by atoms with Crippen molar-refractivity contribution >= 4 is 22.9 Å². The van der Waals surface area contributed by atoms with Gasteiger partial charge in [0.05, 0.1) is 5.41 Å². The molecule has 8 nitrogen and oxygen atoms in total. The fourth-order valence-corrected chi connectivity index (χ4v) is 7.05. The molecule has 4 aliphatic carbocycles. The lowest BCUT2D eigenvalue weighted by atomic mass is 9.49. The largest absolute Gasteiger partial charge is 0.351 e. The molecule has 0 aromatic carbocycles. The molecule has 0 spiro atoms. The molecule has 8 heteroatoms. The number of rotatable bonds is 3. The highest BCUT2D eigenvalue weighted by Gasteiger charge is 2.55. The number of fused-ring (bicyclic) bond motifs is 1. The maximum atomic E-state index is 13.6. The van der Waals surface area contributed by atoms with Crippen molar-refractivity contribution in [1.29, 1.82) is 0 Å². The minimum Gasteiger partial charge on any atom is -0.351 e. The average Bonchev–Trinajstić information content (AvgIpc) is 3.16. The van der Waals surface area contributed by atoms with Gasteiger partial charge in [-0.25, -0.2) is 14.6 Å². The third-order valence-corrected chi connectivity index (χ3v) is 7.94. The summed E-state index contributed by atoms with van der Waals surface area (Å²) in [7, 11) is 0. The van der Waals surface area contributed by atoms with Gasteiger partial charge in [0.25, 0.3) is 0 Å². The summed E-state index contributed by atoms with van der Waals surface area (Å²) < 4.78 is 1.80. The fraction of sp³-hybridized carbons (Fsp3) is 0.762. The number of nitrogens with zero attached hydrogens (tertiary/aromatic N) is 7. The molecule has 4 saturated carbocycles. The molecule has 1 aliphatic heterocycles. The van der Waals surface area contributed by atoms with Crippen LogP contribution in [0.4, 0.5) is 5.82 Å². The predicted molar refractivity (Wildman–Crippen MR) is 108 cm³/mol. The number of aryl methyl sites for hydroxylation is 1. The summed E-state index contributed by atoms with van der Waals surface area (Å²) in [4.78, 5) is 26.8. The molecule has 0 N–H and O–H groups in total. The Kier molecular flexibility index (Phi) is 3.87. The van der Waals surface area contributed by atoms with E-state index in [1.165, 1.54) is 19.3 Å². The normalized spacial score (nSPS) is 33.6. The summed E-state index contributed by atoms with van der Waals surface area (Å²) in [5.41, 5.74) is 1.50. The number of aromatic nitrogens is 5. The van der Waals surface area contributed by atoms with Crippen LogP contribution in [-0.4, -0.2) is 61.9 Å². The minimum atomic E-state index is -0.0388. The van der Waals surface area contributed by atoms with Crippen molar-refractivity contribution in [2.45, 2.75) is 52.0 Å². The molecule has 29 heavy (non-hydrogen) atoms. The fourth-order valence-electron chi connectivity index (χ4n) is 7.05. The highest BCUT2D eigenvalue weighted by Crippen LogP contribution is 2.60. The monoisotopic (exact) mass is 395 g/mol. The molecule has 0 atom stereocenters. The van der Waals surface area contributed by atoms with E-state index in [0.717, 1.165) is 86.7 Å². The van der Waals surface area contributed by atoms with Crippen molar-refractivity contribution in [3.63, 3.8) is 0 Å². The zero-order chi connectivity index (χ0) is 19.6. The number of hydrogen-bond donors (Lipinski definition) is 0. The van der Waals surface area contributed by atoms with E-state index in [1.807, 2.05) is 6.92 Å². The Balaban J connectivity index is 1.19. The van der Waals surface area contributed by atoms with Crippen LogP contribution >= 0.6 is 0 Å². The van der Waals surface area contributed by atoms with Crippen LogP contribution in [-0.2, 0) is 11.3 Å². The van der Waals surface area contributed by atoms with Gasteiger partial charge in [-0.15, -0.1) is 5.10 Å². The van der Waals surface area contributed by atoms with Gasteiger partial charge in [-0.1, -0.05) is 5.21 Å². The molecular formula is C21H29N7O. The van der Waals surface area contributed by atoms with Crippen LogP contribution in [0.15, 0.2) is 6.33 Å². The number of hydrogen-bond acceptors (Lipinski definition) is 6. The van der Waals surface area contributed by atoms with Crippen LogP contribution in [0.1, 0.15) is 45.4 Å². The Labute approximate surface area is 170 Å². The number of carbonyl (C=O) groups is 1. The third kappa shape index (κ3) is 2.67. The summed E-state index contributed by atoms with van der Waals surface area (Å²) in [5, 5.41) is 8.50. The van der Waals surface area contributed by atoms with Crippen molar-refractivity contribution in [2.24, 2.45) is 23.2 Å². The molecular weight excluding hydrogens is 366 g/mol. The number of anilines is 1. The van der Waals surface area contributed by atoms with E-state index in [0.29, 0.717) is 5.91 Å². The Morgan fingerprint density at radius 2 is 1.69 bits per heavy atom. The molecule has 5 fully saturated rings. The SMILES string of the molecule is CCn1nnc2c(N3CCN(C(=O)C45CC6CC(CC(C6)C4)C5)CC3)ncnc21. The summed E-state index contributed by atoms with van der Waals surface area (Å²) in [6.45, 7) is 5.90. The van der Waals surface area contributed by atoms with Crippen molar-refractivity contribution in [3.05, 3.63) is 6.33 Å². The van der Waals surface area contributed by atoms with Crippen molar-refractivity contribution in [1.82, 2.24) is 29.9 Å². The van der Waals surface area contributed by atoms with Gasteiger partial charge in [-0.05, 0) is 63.2 Å². The lowest BCUT2D eigenvalue weighted by Gasteiger charge is -2.57. The molecule has 7 rings (SSSR count). The Hall–Kier alpha value is -2.25. The molecule has 5 aliphatic rings. The Bertz CT molecular complexity index is 910. The third-order valence-electron chi connectivity index (χ3n) is 7.94. The average molecular weight is 396 g/mol. The Morgan fingerprint density at radius 3 is 2.31 bits per heavy atom. The van der Waals surface area contributed by atoms with Crippen molar-refractivity contribution < 1.29 is 4.79 Å². The smallest absolute Gasteiger partial charge is 0.228 e. The zero-order valence-electron chi connectivity index (χ0n) is 17.1. The van der Waals surface area contributed by atoms with E-state index in [9.17, 15) is 4.79 Å². The van der Waals surface area contributed by atoms with Crippen LogP contribution in [0.25, 0.3) is 11.2 Å². The lowest BCUT2D eigenvalue weighted by molar-refractivity contribution is -0.158. The molecule has 0 radical (unpaired) electrons. The lowest BCUT2D eigenvalue weighted by Crippen LogP contribution is -2.58. The summed E-state index contributed by atoms with van der Waals surface area (Å²) >= 11 is 0. The van der Waals surface area contributed by atoms with Crippen LogP contribution in [0.2, 0.25) is 0 Å². The van der Waals surface area contributed by atoms with Crippen LogP contribution in [0.3, 0.4) is 0 Å². The van der Waals surface area contributed by atoms with Gasteiger partial charge in [-0.3, -0.25) is 4.79 Å². The molecule has 0 unspecified atom stereocenters. The summed E-state index contributed by atoms with van der Waals surface area (Å²) in [6, 6.07) is 0. The van der Waals surface area contributed by atoms with Crippen molar-refractivity contribution in [3.8, 4) is 0 Å². The van der Waals surface area contributed by atoms with Crippen LogP contribution < -0.4 is 4.90 Å². The van der Waals surface area contributed by atoms with Gasteiger partial charge in [0, 0.05) is 32.7 Å². The summed E-state index contributed by atoms with van der Waals surface area (Å²) in [5.74, 6) is 3.71. The first kappa shape index (κ1) is 17.6. The first-order valence-corrected chi connectivity index (χ1v) is 11.2. The van der Waals surface area contributed by atoms with Gasteiger partial charge in [0.2, 0.25) is 5.91 Å². The minimum absolute atomic E-state index is 0.0388. The molecule has 2 aromatic heterocycles. The number of piperazine rings is 1. The van der Waals surface area contributed by atoms with E-state index in [4.69, 9.17) is 0 Å². The summed E-state index contributed by atoms with van der Waals surface area (Å²) in [6.07, 6.45) is 9.16. The topological polar surface area (TPSA) is 80.0 Å². The first-order valence-electron chi connectivity index (χ1n) is 11.2. The second-order valence-corrected chi connectivity index (χ2v) is 9.75. The van der Waals surface area contributed by atoms with E-state index in [1.54, 1.807) is 11.0 Å². The Morgan fingerprint density at radius 1 is 1.03 bits per heavy atom. The standard InChI is InChI=1S/C21H29N7O/c1-2-28-19-17(24-25-28)18(22-13-23-19)26-3-5-27(6-4-26)20(29)21-10-14-7-15(11-21)9-16(8-14)12-21/h13-16H,2-12H2,1H3. The van der Waals surface area contributed by atoms with Gasteiger partial charge in [0.1, 0.15) is 6.33 Å². The predicted octanol–water partition coefficient (Wildman–Crippen LogP) is 2.11. The quantitative estimate of drug-likeness (QED) is 0.792. The molecule has 154 valence electrons. The molecule has 1 amide bonds. The highest BCUT2D eigenvalue weighted by molar-refractivity contribution is 5.85. The van der Waals surface area contributed by atoms with Gasteiger partial charge >= 0.3 is 0 Å². The van der Waals surface area contributed by atoms with E-state index in [2.05, 4.69) is 30.1 Å². The highest BCUT2D eigenvalue weighted by atomic mass is 16.2. The zero-order valence-corrected chi connectivity index (χ0v) is 17.1. The van der Waals surface area contributed by atoms with Gasteiger partial charge in [-0.2, -0.15) is 0 Å². The number of carbonyl (C=O) groups excluding carboxylic acids is 1.